The molecular formula is C15H16N2O2. The minimum Gasteiger partial charge on any atom is -0.392 e. The molecule has 0 aliphatic carbocycles. The van der Waals surface area contributed by atoms with Crippen LogP contribution in [0.3, 0.4) is 0 Å². The van der Waals surface area contributed by atoms with Gasteiger partial charge in [-0.3, -0.25) is 9.78 Å². The van der Waals surface area contributed by atoms with Crippen molar-refractivity contribution in [3.63, 3.8) is 0 Å². The Morgan fingerprint density at radius 3 is 2.84 bits per heavy atom. The second kappa shape index (κ2) is 6.11. The number of amides is 1. The molecule has 0 aliphatic heterocycles. The highest BCUT2D eigenvalue weighted by Crippen LogP contribution is 2.12. The number of anilines is 1. The van der Waals surface area contributed by atoms with Gasteiger partial charge in [0.25, 0.3) is 0 Å². The van der Waals surface area contributed by atoms with Crippen LogP contribution >= 0.6 is 0 Å². The Hall–Kier alpha value is -2.20. The van der Waals surface area contributed by atoms with Crippen LogP contribution in [0.5, 0.6) is 0 Å². The summed E-state index contributed by atoms with van der Waals surface area (Å²) in [5.41, 5.74) is 3.40. The molecule has 4 heteroatoms. The summed E-state index contributed by atoms with van der Waals surface area (Å²) in [6.07, 6.45) is 3.61. The lowest BCUT2D eigenvalue weighted by Gasteiger charge is -2.08. The summed E-state index contributed by atoms with van der Waals surface area (Å²) >= 11 is 0. The number of pyridine rings is 1. The number of nitrogens with one attached hydrogen (secondary N) is 1. The average Bonchev–Trinajstić information content (AvgIpc) is 2.41. The van der Waals surface area contributed by atoms with Gasteiger partial charge in [-0.05, 0) is 29.7 Å². The number of aryl methyl sites for hydroxylation is 1. The lowest BCUT2D eigenvalue weighted by Crippen LogP contribution is -2.15. The molecule has 0 fully saturated rings. The zero-order chi connectivity index (χ0) is 13.7. The molecule has 4 nitrogen and oxygen atoms in total. The van der Waals surface area contributed by atoms with E-state index in [2.05, 4.69) is 10.3 Å². The number of aliphatic hydroxyl groups is 1. The van der Waals surface area contributed by atoms with Crippen LogP contribution in [0.2, 0.25) is 0 Å². The fourth-order valence-electron chi connectivity index (χ4n) is 1.81. The van der Waals surface area contributed by atoms with Crippen molar-refractivity contribution >= 4 is 11.6 Å². The minimum absolute atomic E-state index is 0.0167. The number of nitrogens with zero attached hydrogens (tertiary/aromatic N) is 1. The molecule has 2 rings (SSSR count). The van der Waals surface area contributed by atoms with Crippen LogP contribution < -0.4 is 5.32 Å². The first-order valence-electron chi connectivity index (χ1n) is 6.08. The van der Waals surface area contributed by atoms with E-state index in [1.807, 2.05) is 37.3 Å². The van der Waals surface area contributed by atoms with E-state index in [9.17, 15) is 4.79 Å². The smallest absolute Gasteiger partial charge is 0.228 e. The highest BCUT2D eigenvalue weighted by molar-refractivity contribution is 5.92. The first kappa shape index (κ1) is 13.2. The Balaban J connectivity index is 2.03. The summed E-state index contributed by atoms with van der Waals surface area (Å²) in [6, 6.07) is 9.21. The van der Waals surface area contributed by atoms with Crippen molar-refractivity contribution in [2.24, 2.45) is 0 Å². The van der Waals surface area contributed by atoms with Crippen LogP contribution in [0.4, 0.5) is 5.69 Å². The fraction of sp³-hybridized carbons (Fsp3) is 0.200. The van der Waals surface area contributed by atoms with E-state index < -0.39 is 0 Å². The van der Waals surface area contributed by atoms with Gasteiger partial charge >= 0.3 is 0 Å². The van der Waals surface area contributed by atoms with Gasteiger partial charge in [-0.25, -0.2) is 0 Å². The van der Waals surface area contributed by atoms with Crippen molar-refractivity contribution in [3.8, 4) is 0 Å². The maximum absolute atomic E-state index is 11.9. The van der Waals surface area contributed by atoms with Gasteiger partial charge in [0, 0.05) is 6.20 Å². The van der Waals surface area contributed by atoms with Gasteiger partial charge in [-0.1, -0.05) is 24.3 Å². The molecule has 1 aromatic carbocycles. The van der Waals surface area contributed by atoms with Crippen LogP contribution in [0.15, 0.2) is 42.7 Å². The molecule has 0 atom stereocenters. The molecule has 2 N–H and O–H groups in total. The number of benzene rings is 1. The van der Waals surface area contributed by atoms with Crippen molar-refractivity contribution < 1.29 is 9.90 Å². The van der Waals surface area contributed by atoms with Crippen LogP contribution in [0.25, 0.3) is 0 Å². The summed E-state index contributed by atoms with van der Waals surface area (Å²) in [7, 11) is 0. The molecule has 2 aromatic rings. The highest BCUT2D eigenvalue weighted by Gasteiger charge is 2.06. The first-order valence-corrected chi connectivity index (χ1v) is 6.08. The van der Waals surface area contributed by atoms with Gasteiger partial charge in [-0.2, -0.15) is 0 Å². The Labute approximate surface area is 112 Å². The van der Waals surface area contributed by atoms with E-state index in [1.165, 1.54) is 0 Å². The molecule has 1 heterocycles. The summed E-state index contributed by atoms with van der Waals surface area (Å²) in [6.45, 7) is 1.90. The van der Waals surface area contributed by atoms with E-state index >= 15 is 0 Å². The lowest BCUT2D eigenvalue weighted by atomic mass is 10.1. The van der Waals surface area contributed by atoms with Crippen LogP contribution in [-0.4, -0.2) is 16.0 Å². The largest absolute Gasteiger partial charge is 0.392 e. The maximum Gasteiger partial charge on any atom is 0.228 e. The molecular weight excluding hydrogens is 240 g/mol. The third kappa shape index (κ3) is 3.63. The van der Waals surface area contributed by atoms with Crippen molar-refractivity contribution in [1.29, 1.82) is 0 Å². The molecule has 1 aromatic heterocycles. The van der Waals surface area contributed by atoms with Gasteiger partial charge in [-0.15, -0.1) is 0 Å². The number of carbonyl (C=O) groups is 1. The monoisotopic (exact) mass is 256 g/mol. The van der Waals surface area contributed by atoms with Crippen LogP contribution in [0, 0.1) is 6.92 Å². The van der Waals surface area contributed by atoms with Gasteiger partial charge in [0.2, 0.25) is 5.91 Å². The van der Waals surface area contributed by atoms with Crippen molar-refractivity contribution in [3.05, 3.63) is 59.4 Å². The number of hydrogen-bond donors (Lipinski definition) is 2. The number of carbonyl (C=O) groups excluding carboxylic acids is 1. The van der Waals surface area contributed by atoms with E-state index in [1.54, 1.807) is 12.4 Å². The fourth-order valence-corrected chi connectivity index (χ4v) is 1.81. The van der Waals surface area contributed by atoms with E-state index in [0.717, 1.165) is 22.4 Å². The highest BCUT2D eigenvalue weighted by atomic mass is 16.3. The number of aliphatic hydroxyl groups excluding tert-OH is 1. The molecule has 0 spiro atoms. The molecule has 0 saturated carbocycles. The Kier molecular flexibility index (Phi) is 4.26. The van der Waals surface area contributed by atoms with Crippen LogP contribution in [0.1, 0.15) is 16.7 Å². The molecule has 19 heavy (non-hydrogen) atoms. The Morgan fingerprint density at radius 2 is 2.11 bits per heavy atom. The second-order valence-electron chi connectivity index (χ2n) is 4.39. The van der Waals surface area contributed by atoms with Gasteiger partial charge < -0.3 is 10.4 Å². The van der Waals surface area contributed by atoms with Gasteiger partial charge in [0.05, 0.1) is 24.9 Å². The molecule has 0 aliphatic rings. The van der Waals surface area contributed by atoms with E-state index in [-0.39, 0.29) is 18.9 Å². The topological polar surface area (TPSA) is 62.2 Å². The van der Waals surface area contributed by atoms with Gasteiger partial charge in [0.1, 0.15) is 0 Å². The standard InChI is InChI=1S/C15H16N2O2/c1-11-5-6-16-9-14(11)17-15(19)8-12-3-2-4-13(7-12)10-18/h2-7,9,18H,8,10H2,1H3,(H,17,19). The normalized spacial score (nSPS) is 10.2. The van der Waals surface area contributed by atoms with Crippen molar-refractivity contribution in [2.45, 2.75) is 20.0 Å². The molecule has 0 saturated heterocycles. The Bertz CT molecular complexity index is 582. The zero-order valence-electron chi connectivity index (χ0n) is 10.8. The predicted octanol–water partition coefficient (Wildman–Crippen LogP) is 2.06. The molecule has 0 bridgehead atoms. The third-order valence-corrected chi connectivity index (χ3v) is 2.85. The number of aromatic nitrogens is 1. The third-order valence-electron chi connectivity index (χ3n) is 2.85. The average molecular weight is 256 g/mol. The number of hydrogen-bond acceptors (Lipinski definition) is 3. The minimum atomic E-state index is -0.0915. The van der Waals surface area contributed by atoms with E-state index in [0.29, 0.717) is 0 Å². The molecule has 98 valence electrons. The summed E-state index contributed by atoms with van der Waals surface area (Å²) in [4.78, 5) is 15.9. The maximum atomic E-state index is 11.9. The van der Waals surface area contributed by atoms with Crippen LogP contribution in [-0.2, 0) is 17.8 Å². The molecule has 0 radical (unpaired) electrons. The predicted molar refractivity (Wildman–Crippen MR) is 73.7 cm³/mol. The van der Waals surface area contributed by atoms with Crippen molar-refractivity contribution in [1.82, 2.24) is 4.98 Å². The van der Waals surface area contributed by atoms with Gasteiger partial charge in [0.15, 0.2) is 0 Å². The first-order chi connectivity index (χ1) is 9.19. The molecule has 1 amide bonds. The number of rotatable bonds is 4. The quantitative estimate of drug-likeness (QED) is 0.880. The van der Waals surface area contributed by atoms with Crippen molar-refractivity contribution in [2.75, 3.05) is 5.32 Å². The summed E-state index contributed by atoms with van der Waals surface area (Å²) in [5, 5.41) is 11.9. The molecule has 0 unspecified atom stereocenters. The summed E-state index contributed by atoms with van der Waals surface area (Å²) < 4.78 is 0. The zero-order valence-corrected chi connectivity index (χ0v) is 10.8. The Morgan fingerprint density at radius 1 is 1.32 bits per heavy atom. The second-order valence-corrected chi connectivity index (χ2v) is 4.39. The lowest BCUT2D eigenvalue weighted by molar-refractivity contribution is -0.115. The van der Waals surface area contributed by atoms with E-state index in [4.69, 9.17) is 5.11 Å². The summed E-state index contributed by atoms with van der Waals surface area (Å²) in [5.74, 6) is -0.0915. The SMILES string of the molecule is Cc1ccncc1NC(=O)Cc1cccc(CO)c1.